The van der Waals surface area contributed by atoms with Crippen molar-refractivity contribution in [1.29, 1.82) is 0 Å². The van der Waals surface area contributed by atoms with Crippen LogP contribution in [0.1, 0.15) is 27.2 Å². The topological polar surface area (TPSA) is 23.5 Å². The van der Waals surface area contributed by atoms with Crippen LogP contribution < -0.4 is 0 Å². The summed E-state index contributed by atoms with van der Waals surface area (Å²) in [6.07, 6.45) is 1.08. The maximum Gasteiger partial charge on any atom is 0.0604 e. The second-order valence-electron chi connectivity index (χ2n) is 4.54. The Morgan fingerprint density at radius 3 is 2.77 bits per heavy atom. The molecule has 1 aliphatic heterocycles. The van der Waals surface area contributed by atoms with Gasteiger partial charge in [0.25, 0.3) is 0 Å². The van der Waals surface area contributed by atoms with Gasteiger partial charge in [0.1, 0.15) is 0 Å². The normalized spacial score (nSPS) is 26.9. The van der Waals surface area contributed by atoms with E-state index in [1.54, 1.807) is 0 Å². The molecule has 13 heavy (non-hydrogen) atoms. The van der Waals surface area contributed by atoms with Crippen molar-refractivity contribution in [3.8, 4) is 11.8 Å². The van der Waals surface area contributed by atoms with E-state index in [2.05, 4.69) is 30.6 Å². The maximum absolute atomic E-state index is 9.18. The molecule has 0 spiro atoms. The van der Waals surface area contributed by atoms with E-state index >= 15 is 0 Å². The van der Waals surface area contributed by atoms with Gasteiger partial charge in [-0.25, -0.2) is 0 Å². The van der Waals surface area contributed by atoms with Crippen LogP contribution in [-0.2, 0) is 0 Å². The first-order chi connectivity index (χ1) is 6.09. The van der Waals surface area contributed by atoms with E-state index in [9.17, 15) is 5.11 Å². The van der Waals surface area contributed by atoms with Crippen LogP contribution in [0, 0.1) is 17.3 Å². The van der Waals surface area contributed by atoms with E-state index < -0.39 is 0 Å². The Kier molecular flexibility index (Phi) is 3.35. The van der Waals surface area contributed by atoms with Crippen LogP contribution in [-0.4, -0.2) is 35.7 Å². The number of aliphatic hydroxyl groups is 1. The zero-order valence-electron chi connectivity index (χ0n) is 8.80. The second-order valence-corrected chi connectivity index (χ2v) is 4.54. The van der Waals surface area contributed by atoms with E-state index in [1.807, 2.05) is 6.92 Å². The summed E-state index contributed by atoms with van der Waals surface area (Å²) in [4.78, 5) is 2.27. The smallest absolute Gasteiger partial charge is 0.0604 e. The highest BCUT2D eigenvalue weighted by atomic mass is 16.3. The van der Waals surface area contributed by atoms with E-state index in [4.69, 9.17) is 0 Å². The van der Waals surface area contributed by atoms with E-state index in [0.29, 0.717) is 11.5 Å². The van der Waals surface area contributed by atoms with E-state index in [1.165, 1.54) is 0 Å². The Hall–Kier alpha value is -0.520. The molecule has 0 aromatic carbocycles. The third-order valence-electron chi connectivity index (χ3n) is 2.61. The zero-order chi connectivity index (χ0) is 9.90. The SMILES string of the molecule is CC#CCN1CC(C)(C)CC1CO. The number of hydrogen-bond donors (Lipinski definition) is 1. The van der Waals surface area contributed by atoms with Gasteiger partial charge in [0.05, 0.1) is 13.2 Å². The van der Waals surface area contributed by atoms with Crippen LogP contribution >= 0.6 is 0 Å². The number of likely N-dealkylation sites (tertiary alicyclic amines) is 1. The van der Waals surface area contributed by atoms with Crippen LogP contribution in [0.4, 0.5) is 0 Å². The highest BCUT2D eigenvalue weighted by Crippen LogP contribution is 2.33. The summed E-state index contributed by atoms with van der Waals surface area (Å²) < 4.78 is 0. The fourth-order valence-electron chi connectivity index (χ4n) is 2.06. The van der Waals surface area contributed by atoms with Crippen LogP contribution in [0.3, 0.4) is 0 Å². The van der Waals surface area contributed by atoms with Crippen molar-refractivity contribution < 1.29 is 5.11 Å². The summed E-state index contributed by atoms with van der Waals surface area (Å²) in [6.45, 7) is 8.45. The molecule has 0 saturated carbocycles. The maximum atomic E-state index is 9.18. The molecular weight excluding hydrogens is 162 g/mol. The van der Waals surface area contributed by atoms with Crippen molar-refractivity contribution in [3.63, 3.8) is 0 Å². The van der Waals surface area contributed by atoms with Crippen molar-refractivity contribution in [3.05, 3.63) is 0 Å². The molecule has 1 fully saturated rings. The molecule has 0 aliphatic carbocycles. The van der Waals surface area contributed by atoms with Crippen LogP contribution in [0.2, 0.25) is 0 Å². The van der Waals surface area contributed by atoms with E-state index in [-0.39, 0.29) is 6.61 Å². The predicted octanol–water partition coefficient (Wildman–Crippen LogP) is 1.10. The zero-order valence-corrected chi connectivity index (χ0v) is 8.80. The molecule has 0 radical (unpaired) electrons. The first kappa shape index (κ1) is 10.6. The Labute approximate surface area is 80.9 Å². The molecule has 1 atom stereocenters. The van der Waals surface area contributed by atoms with Crippen LogP contribution in [0.25, 0.3) is 0 Å². The summed E-state index contributed by atoms with van der Waals surface area (Å²) in [5.41, 5.74) is 0.336. The van der Waals surface area contributed by atoms with E-state index in [0.717, 1.165) is 19.5 Å². The molecule has 2 nitrogen and oxygen atoms in total. The van der Waals surface area contributed by atoms with Gasteiger partial charge in [0, 0.05) is 12.6 Å². The van der Waals surface area contributed by atoms with Crippen molar-refractivity contribution in [2.75, 3.05) is 19.7 Å². The molecule has 1 aliphatic rings. The molecule has 1 heterocycles. The monoisotopic (exact) mass is 181 g/mol. The number of hydrogen-bond acceptors (Lipinski definition) is 2. The average Bonchev–Trinajstić information content (AvgIpc) is 2.37. The summed E-state index contributed by atoms with van der Waals surface area (Å²) in [5, 5.41) is 9.18. The lowest BCUT2D eigenvalue weighted by Crippen LogP contribution is -2.32. The minimum atomic E-state index is 0.259. The summed E-state index contributed by atoms with van der Waals surface area (Å²) in [7, 11) is 0. The standard InChI is InChI=1S/C11H19NO/c1-4-5-6-12-9-11(2,3)7-10(12)8-13/h10,13H,6-9H2,1-3H3. The lowest BCUT2D eigenvalue weighted by molar-refractivity contribution is 0.171. The quantitative estimate of drug-likeness (QED) is 0.645. The molecule has 0 bridgehead atoms. The Bertz CT molecular complexity index is 224. The Morgan fingerprint density at radius 1 is 1.54 bits per heavy atom. The number of nitrogens with zero attached hydrogens (tertiary/aromatic N) is 1. The molecular formula is C11H19NO. The Balaban J connectivity index is 2.56. The summed E-state index contributed by atoms with van der Waals surface area (Å²) in [6, 6.07) is 0.316. The third kappa shape index (κ3) is 2.72. The average molecular weight is 181 g/mol. The van der Waals surface area contributed by atoms with Crippen molar-refractivity contribution >= 4 is 0 Å². The minimum Gasteiger partial charge on any atom is -0.395 e. The van der Waals surface area contributed by atoms with Crippen LogP contribution in [0.5, 0.6) is 0 Å². The lowest BCUT2D eigenvalue weighted by atomic mass is 9.91. The lowest BCUT2D eigenvalue weighted by Gasteiger charge is -2.19. The fourth-order valence-corrected chi connectivity index (χ4v) is 2.06. The molecule has 0 amide bonds. The van der Waals surface area contributed by atoms with Gasteiger partial charge in [-0.3, -0.25) is 4.90 Å². The van der Waals surface area contributed by atoms with Crippen molar-refractivity contribution in [2.24, 2.45) is 5.41 Å². The predicted molar refractivity (Wildman–Crippen MR) is 54.3 cm³/mol. The second kappa shape index (κ2) is 4.13. The minimum absolute atomic E-state index is 0.259. The fraction of sp³-hybridized carbons (Fsp3) is 0.818. The molecule has 1 saturated heterocycles. The summed E-state index contributed by atoms with van der Waals surface area (Å²) >= 11 is 0. The third-order valence-corrected chi connectivity index (χ3v) is 2.61. The van der Waals surface area contributed by atoms with Gasteiger partial charge in [0.15, 0.2) is 0 Å². The molecule has 0 aromatic heterocycles. The molecule has 74 valence electrons. The molecule has 0 aromatic rings. The highest BCUT2D eigenvalue weighted by Gasteiger charge is 2.36. The number of aliphatic hydroxyl groups excluding tert-OH is 1. The first-order valence-electron chi connectivity index (χ1n) is 4.83. The first-order valence-corrected chi connectivity index (χ1v) is 4.83. The Morgan fingerprint density at radius 2 is 2.23 bits per heavy atom. The molecule has 2 heteroatoms. The largest absolute Gasteiger partial charge is 0.395 e. The van der Waals surface area contributed by atoms with Gasteiger partial charge in [-0.1, -0.05) is 19.8 Å². The van der Waals surface area contributed by atoms with Crippen LogP contribution in [0.15, 0.2) is 0 Å². The van der Waals surface area contributed by atoms with Crippen molar-refractivity contribution in [1.82, 2.24) is 4.90 Å². The molecule has 1 rings (SSSR count). The van der Waals surface area contributed by atoms with Gasteiger partial charge in [-0.05, 0) is 18.8 Å². The summed E-state index contributed by atoms with van der Waals surface area (Å²) in [5.74, 6) is 5.95. The molecule has 1 N–H and O–H groups in total. The van der Waals surface area contributed by atoms with Crippen molar-refractivity contribution in [2.45, 2.75) is 33.2 Å². The highest BCUT2D eigenvalue weighted by molar-refractivity contribution is 5.02. The van der Waals surface area contributed by atoms with Gasteiger partial charge in [0.2, 0.25) is 0 Å². The van der Waals surface area contributed by atoms with Gasteiger partial charge in [-0.15, -0.1) is 5.92 Å². The van der Waals surface area contributed by atoms with Gasteiger partial charge < -0.3 is 5.11 Å². The molecule has 1 unspecified atom stereocenters. The van der Waals surface area contributed by atoms with Gasteiger partial charge >= 0.3 is 0 Å². The van der Waals surface area contributed by atoms with Gasteiger partial charge in [-0.2, -0.15) is 0 Å². The number of rotatable bonds is 2.